The SMILES string of the molecule is O=C(NC1CC(C(=O)NCCc2nc(-c3cccc(Cl)c3)no2)C1)c1cncc(-n2cc(Cn3c(-c4ccccc4)cc4ccccc43)nn2)c1. The largest absolute Gasteiger partial charge is 0.355 e. The Morgan fingerprint density at radius 2 is 1.75 bits per heavy atom. The predicted molar refractivity (Wildman–Crippen MR) is 191 cm³/mol. The maximum Gasteiger partial charge on any atom is 0.253 e. The molecular formula is C38H32ClN9O3. The molecule has 0 radical (unpaired) electrons. The number of rotatable bonds is 11. The molecule has 254 valence electrons. The number of amides is 2. The Morgan fingerprint density at radius 3 is 2.61 bits per heavy atom. The number of fused-ring (bicyclic) bond motifs is 1. The predicted octanol–water partition coefficient (Wildman–Crippen LogP) is 5.90. The lowest BCUT2D eigenvalue weighted by molar-refractivity contribution is -0.128. The molecule has 1 aliphatic carbocycles. The summed E-state index contributed by atoms with van der Waals surface area (Å²) in [4.78, 5) is 34.5. The molecule has 0 aliphatic heterocycles. The number of nitrogens with one attached hydrogen (secondary N) is 2. The molecule has 0 bridgehead atoms. The Hall–Kier alpha value is -6.14. The second-order valence-corrected chi connectivity index (χ2v) is 13.0. The van der Waals surface area contributed by atoms with Crippen LogP contribution in [0.1, 0.15) is 34.8 Å². The van der Waals surface area contributed by atoms with E-state index in [1.807, 2.05) is 48.7 Å². The number of hydrogen-bond acceptors (Lipinski definition) is 8. The van der Waals surface area contributed by atoms with Crippen molar-refractivity contribution in [3.8, 4) is 28.3 Å². The summed E-state index contributed by atoms with van der Waals surface area (Å²) in [5.41, 5.74) is 5.86. The van der Waals surface area contributed by atoms with E-state index in [1.54, 1.807) is 29.1 Å². The highest BCUT2D eigenvalue weighted by Gasteiger charge is 2.35. The average molecular weight is 698 g/mol. The zero-order valence-corrected chi connectivity index (χ0v) is 28.1. The van der Waals surface area contributed by atoms with Gasteiger partial charge < -0.3 is 19.7 Å². The van der Waals surface area contributed by atoms with E-state index in [1.165, 1.54) is 6.20 Å². The van der Waals surface area contributed by atoms with Gasteiger partial charge in [0.1, 0.15) is 5.69 Å². The summed E-state index contributed by atoms with van der Waals surface area (Å²) in [7, 11) is 0. The fourth-order valence-corrected chi connectivity index (χ4v) is 6.51. The topological polar surface area (TPSA) is 146 Å². The summed E-state index contributed by atoms with van der Waals surface area (Å²) in [5.74, 6) is 0.366. The zero-order chi connectivity index (χ0) is 34.7. The molecule has 1 aliphatic rings. The van der Waals surface area contributed by atoms with Gasteiger partial charge in [-0.15, -0.1) is 5.10 Å². The van der Waals surface area contributed by atoms with Gasteiger partial charge in [0.05, 0.1) is 30.2 Å². The van der Waals surface area contributed by atoms with Crippen LogP contribution in [0.15, 0.2) is 114 Å². The van der Waals surface area contributed by atoms with E-state index >= 15 is 0 Å². The van der Waals surface area contributed by atoms with E-state index < -0.39 is 0 Å². The van der Waals surface area contributed by atoms with Crippen molar-refractivity contribution in [2.45, 2.75) is 31.8 Å². The molecule has 4 aromatic heterocycles. The highest BCUT2D eigenvalue weighted by Crippen LogP contribution is 2.30. The molecular weight excluding hydrogens is 666 g/mol. The first kappa shape index (κ1) is 32.1. The second kappa shape index (κ2) is 14.0. The van der Waals surface area contributed by atoms with Crippen molar-refractivity contribution in [2.75, 3.05) is 6.54 Å². The van der Waals surface area contributed by atoms with Gasteiger partial charge in [0.25, 0.3) is 5.91 Å². The minimum Gasteiger partial charge on any atom is -0.355 e. The number of benzene rings is 3. The Balaban J connectivity index is 0.844. The van der Waals surface area contributed by atoms with Gasteiger partial charge in [-0.3, -0.25) is 14.6 Å². The molecule has 7 aromatic rings. The molecule has 13 heteroatoms. The average Bonchev–Trinajstić information content (AvgIpc) is 3.90. The molecule has 2 amide bonds. The summed E-state index contributed by atoms with van der Waals surface area (Å²) in [5, 5.41) is 20.5. The van der Waals surface area contributed by atoms with Crippen LogP contribution in [-0.2, 0) is 17.8 Å². The Kier molecular flexibility index (Phi) is 8.81. The first-order chi connectivity index (χ1) is 25.0. The molecule has 8 rings (SSSR count). The number of nitrogens with zero attached hydrogens (tertiary/aromatic N) is 7. The molecule has 0 spiro atoms. The van der Waals surface area contributed by atoms with Gasteiger partial charge in [0, 0.05) is 58.3 Å². The van der Waals surface area contributed by atoms with Crippen molar-refractivity contribution < 1.29 is 14.1 Å². The third-order valence-corrected chi connectivity index (χ3v) is 9.26. The van der Waals surface area contributed by atoms with Crippen molar-refractivity contribution in [1.29, 1.82) is 0 Å². The molecule has 1 saturated carbocycles. The molecule has 0 saturated heterocycles. The van der Waals surface area contributed by atoms with Crippen molar-refractivity contribution in [3.05, 3.63) is 132 Å². The van der Waals surface area contributed by atoms with Gasteiger partial charge in [-0.25, -0.2) is 4.68 Å². The highest BCUT2D eigenvalue weighted by atomic mass is 35.5. The Bertz CT molecular complexity index is 2340. The molecule has 2 N–H and O–H groups in total. The van der Waals surface area contributed by atoms with Crippen molar-refractivity contribution in [1.82, 2.24) is 45.3 Å². The Labute approximate surface area is 297 Å². The smallest absolute Gasteiger partial charge is 0.253 e. The van der Waals surface area contributed by atoms with E-state index in [9.17, 15) is 9.59 Å². The van der Waals surface area contributed by atoms with Crippen LogP contribution in [0.4, 0.5) is 0 Å². The molecule has 51 heavy (non-hydrogen) atoms. The van der Waals surface area contributed by atoms with Crippen molar-refractivity contribution in [3.63, 3.8) is 0 Å². The number of carbonyl (C=O) groups is 2. The van der Waals surface area contributed by atoms with Gasteiger partial charge in [-0.2, -0.15) is 4.98 Å². The molecule has 12 nitrogen and oxygen atoms in total. The van der Waals surface area contributed by atoms with Gasteiger partial charge in [0.15, 0.2) is 0 Å². The second-order valence-electron chi connectivity index (χ2n) is 12.5. The number of carbonyl (C=O) groups excluding carboxylic acids is 2. The molecule has 1 fully saturated rings. The summed E-state index contributed by atoms with van der Waals surface area (Å²) in [6.07, 6.45) is 6.53. The van der Waals surface area contributed by atoms with Crippen LogP contribution in [0, 0.1) is 5.92 Å². The third-order valence-electron chi connectivity index (χ3n) is 9.02. The van der Waals surface area contributed by atoms with Gasteiger partial charge in [0.2, 0.25) is 17.6 Å². The van der Waals surface area contributed by atoms with Crippen LogP contribution in [0.5, 0.6) is 0 Å². The Morgan fingerprint density at radius 1 is 0.922 bits per heavy atom. The standard InChI is InChI=1S/C38H32ClN9O3/c39-29-11-6-10-26(15-29)36-43-35(51-45-36)13-14-41-37(49)27-16-30(17-27)42-38(50)28-18-32(21-40-20-28)48-23-31(44-46-48)22-47-33-12-5-4-9-25(33)19-34(47)24-7-2-1-3-8-24/h1-12,15,18-21,23,27,30H,13-14,16-17,22H2,(H,41,49)(H,42,50). The van der Waals surface area contributed by atoms with Crippen LogP contribution in [0.25, 0.3) is 39.2 Å². The van der Waals surface area contributed by atoms with Gasteiger partial charge in [-0.05, 0) is 48.7 Å². The van der Waals surface area contributed by atoms with Crippen molar-refractivity contribution >= 4 is 34.3 Å². The van der Waals surface area contributed by atoms with Gasteiger partial charge >= 0.3 is 0 Å². The lowest BCUT2D eigenvalue weighted by Gasteiger charge is -2.34. The summed E-state index contributed by atoms with van der Waals surface area (Å²) in [6.45, 7) is 0.881. The zero-order valence-electron chi connectivity index (χ0n) is 27.3. The fraction of sp³-hybridized carbons (Fsp3) is 0.184. The lowest BCUT2D eigenvalue weighted by atomic mass is 9.79. The minimum atomic E-state index is -0.258. The van der Waals surface area contributed by atoms with Crippen LogP contribution < -0.4 is 10.6 Å². The third kappa shape index (κ3) is 6.99. The summed E-state index contributed by atoms with van der Waals surface area (Å²) >= 11 is 6.05. The molecule has 0 atom stereocenters. The quantitative estimate of drug-likeness (QED) is 0.170. The summed E-state index contributed by atoms with van der Waals surface area (Å²) in [6, 6.07) is 29.6. The van der Waals surface area contributed by atoms with E-state index in [0.717, 1.165) is 33.4 Å². The van der Waals surface area contributed by atoms with Crippen molar-refractivity contribution in [2.24, 2.45) is 5.92 Å². The molecule has 0 unspecified atom stereocenters. The monoisotopic (exact) mass is 697 g/mol. The number of hydrogen-bond donors (Lipinski definition) is 2. The van der Waals surface area contributed by atoms with Crippen LogP contribution in [-0.4, -0.2) is 59.1 Å². The summed E-state index contributed by atoms with van der Waals surface area (Å²) < 4.78 is 9.18. The fourth-order valence-electron chi connectivity index (χ4n) is 6.32. The molecule has 3 aromatic carbocycles. The number of pyridine rings is 1. The normalized spacial score (nSPS) is 15.4. The van der Waals surface area contributed by atoms with E-state index in [-0.39, 0.29) is 23.8 Å². The van der Waals surface area contributed by atoms with Crippen LogP contribution >= 0.6 is 11.6 Å². The lowest BCUT2D eigenvalue weighted by Crippen LogP contribution is -2.49. The minimum absolute atomic E-state index is 0.0653. The van der Waals surface area contributed by atoms with Gasteiger partial charge in [-0.1, -0.05) is 82.6 Å². The number of halogens is 1. The maximum atomic E-state index is 13.1. The highest BCUT2D eigenvalue weighted by molar-refractivity contribution is 6.30. The molecule has 4 heterocycles. The van der Waals surface area contributed by atoms with Crippen LogP contribution in [0.2, 0.25) is 5.02 Å². The maximum absolute atomic E-state index is 13.1. The van der Waals surface area contributed by atoms with E-state index in [0.29, 0.717) is 60.3 Å². The van der Waals surface area contributed by atoms with E-state index in [4.69, 9.17) is 16.1 Å². The first-order valence-electron chi connectivity index (χ1n) is 16.6. The number of aromatic nitrogens is 7. The van der Waals surface area contributed by atoms with E-state index in [2.05, 4.69) is 71.0 Å². The number of para-hydroxylation sites is 1. The van der Waals surface area contributed by atoms with Crippen LogP contribution in [0.3, 0.4) is 0 Å². The first-order valence-corrected chi connectivity index (χ1v) is 17.0.